The highest BCUT2D eigenvalue weighted by molar-refractivity contribution is 6.09. The van der Waals surface area contributed by atoms with Gasteiger partial charge in [0.05, 0.1) is 16.8 Å². The molecule has 0 aliphatic carbocycles. The molecule has 1 aromatic heterocycles. The monoisotopic (exact) mass is 550 g/mol. The molecule has 0 radical (unpaired) electrons. The molecule has 0 bridgehead atoms. The second-order valence-corrected chi connectivity index (χ2v) is 9.44. The van der Waals surface area contributed by atoms with Gasteiger partial charge in [-0.15, -0.1) is 0 Å². The minimum Gasteiger partial charge on any atom is -0.385 e. The molecule has 2 aliphatic rings. The fourth-order valence-electron chi connectivity index (χ4n) is 4.65. The van der Waals surface area contributed by atoms with Gasteiger partial charge < -0.3 is 21.3 Å². The Kier molecular flexibility index (Phi) is 7.29. The molecule has 0 saturated heterocycles. The van der Waals surface area contributed by atoms with E-state index < -0.39 is 23.5 Å². The predicted octanol–water partition coefficient (Wildman–Crippen LogP) is 6.09. The van der Waals surface area contributed by atoms with Crippen LogP contribution in [0.15, 0.2) is 89.5 Å². The molecule has 0 spiro atoms. The van der Waals surface area contributed by atoms with Gasteiger partial charge in [0, 0.05) is 48.4 Å². The van der Waals surface area contributed by atoms with Crippen LogP contribution in [0.4, 0.5) is 34.8 Å². The summed E-state index contributed by atoms with van der Waals surface area (Å²) in [5, 5.41) is 5.45. The number of hydrogen-bond acceptors (Lipinski definition) is 6. The van der Waals surface area contributed by atoms with Crippen LogP contribution in [-0.2, 0) is 12.7 Å². The molecule has 2 aromatic carbocycles. The van der Waals surface area contributed by atoms with E-state index in [1.165, 1.54) is 12.1 Å². The van der Waals surface area contributed by atoms with Crippen molar-refractivity contribution >= 4 is 28.8 Å². The third kappa shape index (κ3) is 5.54. The first-order chi connectivity index (χ1) is 19.1. The van der Waals surface area contributed by atoms with Crippen LogP contribution in [0, 0.1) is 11.7 Å². The largest absolute Gasteiger partial charge is 0.417 e. The molecule has 1 amide bonds. The third-order valence-electron chi connectivity index (χ3n) is 6.85. The first-order valence-corrected chi connectivity index (χ1v) is 12.6. The number of pyridine rings is 1. The van der Waals surface area contributed by atoms with Gasteiger partial charge in [0.2, 0.25) is 0 Å². The lowest BCUT2D eigenvalue weighted by atomic mass is 9.90. The van der Waals surface area contributed by atoms with Gasteiger partial charge in [0.1, 0.15) is 17.5 Å². The van der Waals surface area contributed by atoms with Crippen LogP contribution in [0.3, 0.4) is 0 Å². The Labute approximate surface area is 228 Å². The zero-order chi connectivity index (χ0) is 28.4. The van der Waals surface area contributed by atoms with Crippen molar-refractivity contribution in [3.63, 3.8) is 0 Å². The standard InChI is InChI=1S/C29H26F4N6O/c1-2-18-16-39(26(34)23-11-12-35-25(18)23)22-9-3-17(4-10-22)14-36-27-24(13-19(15-37-27)29(31,32)33)28(40)38-21-7-5-20(30)6-8-21/h3-13,15,18H,2,14,16,34H2,1H3,(H,36,37)(H,38,40). The van der Waals surface area contributed by atoms with Gasteiger partial charge >= 0.3 is 6.18 Å². The number of benzene rings is 2. The summed E-state index contributed by atoms with van der Waals surface area (Å²) in [6.45, 7) is 3.01. The molecule has 3 heterocycles. The molecular weight excluding hydrogens is 524 g/mol. The van der Waals surface area contributed by atoms with Crippen molar-refractivity contribution in [1.82, 2.24) is 4.98 Å². The lowest BCUT2D eigenvalue weighted by molar-refractivity contribution is -0.137. The highest BCUT2D eigenvalue weighted by Gasteiger charge is 2.33. The molecule has 11 heteroatoms. The van der Waals surface area contributed by atoms with Crippen LogP contribution in [0.2, 0.25) is 0 Å². The van der Waals surface area contributed by atoms with Gasteiger partial charge in [0.15, 0.2) is 0 Å². The number of nitrogens with one attached hydrogen (secondary N) is 2. The molecule has 5 rings (SSSR count). The van der Waals surface area contributed by atoms with E-state index in [1.54, 1.807) is 6.20 Å². The van der Waals surface area contributed by atoms with Gasteiger partial charge in [-0.2, -0.15) is 13.2 Å². The van der Waals surface area contributed by atoms with Crippen molar-refractivity contribution < 1.29 is 22.4 Å². The average molecular weight is 551 g/mol. The topological polar surface area (TPSA) is 95.6 Å². The van der Waals surface area contributed by atoms with E-state index in [-0.39, 0.29) is 29.5 Å². The zero-order valence-corrected chi connectivity index (χ0v) is 21.5. The van der Waals surface area contributed by atoms with Crippen LogP contribution < -0.4 is 21.3 Å². The van der Waals surface area contributed by atoms with E-state index in [0.717, 1.165) is 47.2 Å². The first-order valence-electron chi connectivity index (χ1n) is 12.6. The Hall–Kier alpha value is -4.67. The van der Waals surface area contributed by atoms with E-state index in [4.69, 9.17) is 5.73 Å². The SMILES string of the molecule is CCC1CN(c2ccc(CNc3ncc(C(F)(F)F)cc3C(=O)Nc3ccc(F)cc3)cc2)C(N)=C2C=CN=C21. The number of anilines is 3. The number of halogens is 4. The fraction of sp³-hybridized carbons (Fsp3) is 0.207. The Morgan fingerprint density at radius 2 is 1.85 bits per heavy atom. The molecule has 4 N–H and O–H groups in total. The number of carbonyl (C=O) groups is 1. The van der Waals surface area contributed by atoms with E-state index in [9.17, 15) is 22.4 Å². The zero-order valence-electron chi connectivity index (χ0n) is 21.5. The minimum absolute atomic E-state index is 0.0210. The maximum absolute atomic E-state index is 13.4. The molecule has 2 aliphatic heterocycles. The van der Waals surface area contributed by atoms with Crippen molar-refractivity contribution in [2.24, 2.45) is 16.6 Å². The highest BCUT2D eigenvalue weighted by atomic mass is 19.4. The lowest BCUT2D eigenvalue weighted by Crippen LogP contribution is -2.42. The number of nitrogens with zero attached hydrogens (tertiary/aromatic N) is 3. The molecular formula is C29H26F4N6O. The van der Waals surface area contributed by atoms with Crippen molar-refractivity contribution in [3.8, 4) is 0 Å². The van der Waals surface area contributed by atoms with Crippen molar-refractivity contribution in [1.29, 1.82) is 0 Å². The number of hydrogen-bond donors (Lipinski definition) is 3. The fourth-order valence-corrected chi connectivity index (χ4v) is 4.65. The van der Waals surface area contributed by atoms with E-state index in [0.29, 0.717) is 18.6 Å². The molecule has 206 valence electrons. The van der Waals surface area contributed by atoms with Gasteiger partial charge in [0.25, 0.3) is 5.91 Å². The van der Waals surface area contributed by atoms with Gasteiger partial charge in [-0.05, 0) is 60.5 Å². The van der Waals surface area contributed by atoms with Crippen molar-refractivity contribution in [2.45, 2.75) is 26.1 Å². The molecule has 0 fully saturated rings. The summed E-state index contributed by atoms with van der Waals surface area (Å²) in [6, 6.07) is 13.2. The van der Waals surface area contributed by atoms with E-state index in [2.05, 4.69) is 27.5 Å². The Morgan fingerprint density at radius 1 is 1.12 bits per heavy atom. The predicted molar refractivity (Wildman–Crippen MR) is 146 cm³/mol. The Bertz CT molecular complexity index is 1510. The molecule has 1 unspecified atom stereocenters. The summed E-state index contributed by atoms with van der Waals surface area (Å²) in [6.07, 6.45) is 0.592. The summed E-state index contributed by atoms with van der Waals surface area (Å²) in [5.74, 6) is -0.457. The van der Waals surface area contributed by atoms with Gasteiger partial charge in [-0.3, -0.25) is 9.79 Å². The summed E-state index contributed by atoms with van der Waals surface area (Å²) >= 11 is 0. The number of nitrogens with two attached hydrogens (primary N) is 1. The van der Waals surface area contributed by atoms with Crippen LogP contribution in [0.5, 0.6) is 0 Å². The first kappa shape index (κ1) is 26.9. The van der Waals surface area contributed by atoms with Crippen LogP contribution in [-0.4, -0.2) is 23.1 Å². The molecule has 7 nitrogen and oxygen atoms in total. The molecule has 1 atom stereocenters. The second kappa shape index (κ2) is 10.8. The molecule has 0 saturated carbocycles. The maximum atomic E-state index is 13.4. The summed E-state index contributed by atoms with van der Waals surface area (Å²) in [7, 11) is 0. The number of carbonyl (C=O) groups excluding carboxylic acids is 1. The number of allylic oxidation sites excluding steroid dienone is 2. The lowest BCUT2D eigenvalue weighted by Gasteiger charge is -2.35. The summed E-state index contributed by atoms with van der Waals surface area (Å²) < 4.78 is 53.3. The highest BCUT2D eigenvalue weighted by Crippen LogP contribution is 2.33. The average Bonchev–Trinajstić information content (AvgIpc) is 3.44. The Balaban J connectivity index is 1.34. The van der Waals surface area contributed by atoms with Gasteiger partial charge in [-0.1, -0.05) is 19.1 Å². The third-order valence-corrected chi connectivity index (χ3v) is 6.85. The smallest absolute Gasteiger partial charge is 0.385 e. The number of amides is 1. The minimum atomic E-state index is -4.68. The molecule has 3 aromatic rings. The van der Waals surface area contributed by atoms with Crippen molar-refractivity contribution in [3.05, 3.63) is 107 Å². The number of alkyl halides is 3. The number of aromatic nitrogens is 1. The number of fused-ring (bicyclic) bond motifs is 1. The number of rotatable bonds is 7. The summed E-state index contributed by atoms with van der Waals surface area (Å²) in [4.78, 5) is 23.3. The van der Waals surface area contributed by atoms with Crippen molar-refractivity contribution in [2.75, 3.05) is 22.1 Å². The molecule has 40 heavy (non-hydrogen) atoms. The van der Waals surface area contributed by atoms with Crippen LogP contribution in [0.25, 0.3) is 0 Å². The quantitative estimate of drug-likeness (QED) is 0.310. The normalized spacial score (nSPS) is 16.6. The maximum Gasteiger partial charge on any atom is 0.417 e. The van der Waals surface area contributed by atoms with E-state index in [1.807, 2.05) is 35.2 Å². The number of aliphatic imine (C=N–C) groups is 1. The second-order valence-electron chi connectivity index (χ2n) is 9.44. The van der Waals surface area contributed by atoms with Crippen LogP contribution in [0.1, 0.15) is 34.8 Å². The summed E-state index contributed by atoms with van der Waals surface area (Å²) in [5.41, 5.74) is 8.99. The van der Waals surface area contributed by atoms with E-state index >= 15 is 0 Å². The van der Waals surface area contributed by atoms with Gasteiger partial charge in [-0.25, -0.2) is 9.37 Å². The Morgan fingerprint density at radius 3 is 2.52 bits per heavy atom. The van der Waals surface area contributed by atoms with Crippen LogP contribution >= 0.6 is 0 Å².